The van der Waals surface area contributed by atoms with E-state index in [1.165, 1.54) is 10.9 Å². The number of aromatic nitrogens is 3. The second-order valence-corrected chi connectivity index (χ2v) is 2.63. The molecule has 0 aliphatic rings. The van der Waals surface area contributed by atoms with Crippen LogP contribution in [0.4, 0.5) is 13.2 Å². The van der Waals surface area contributed by atoms with E-state index in [0.29, 0.717) is 0 Å². The van der Waals surface area contributed by atoms with Crippen LogP contribution in [0, 0.1) is 4.64 Å². The lowest BCUT2D eigenvalue weighted by Gasteiger charge is -2.05. The molecule has 12 heavy (non-hydrogen) atoms. The van der Waals surface area contributed by atoms with Crippen LogP contribution in [0.1, 0.15) is 6.42 Å². The zero-order valence-corrected chi connectivity index (χ0v) is 6.74. The number of halogens is 3. The number of H-pyrrole nitrogens is 1. The standard InChI is InChI=1S/C5H6F3N3S/c6-5(7,8)1-2-11-4(12)3-9-10-11/h3,10H,1-2H2. The highest BCUT2D eigenvalue weighted by atomic mass is 32.1. The van der Waals surface area contributed by atoms with Crippen LogP contribution < -0.4 is 0 Å². The minimum Gasteiger partial charge on any atom is -0.259 e. The van der Waals surface area contributed by atoms with Crippen LogP contribution in [0.15, 0.2) is 6.20 Å². The Labute approximate surface area is 71.2 Å². The molecule has 3 nitrogen and oxygen atoms in total. The highest BCUT2D eigenvalue weighted by Gasteiger charge is 2.26. The summed E-state index contributed by atoms with van der Waals surface area (Å²) in [7, 11) is 0. The van der Waals surface area contributed by atoms with Gasteiger partial charge in [-0.3, -0.25) is 4.68 Å². The van der Waals surface area contributed by atoms with Gasteiger partial charge >= 0.3 is 6.18 Å². The lowest BCUT2D eigenvalue weighted by Crippen LogP contribution is -2.13. The van der Waals surface area contributed by atoms with Gasteiger partial charge in [0.15, 0.2) is 0 Å². The van der Waals surface area contributed by atoms with Crippen molar-refractivity contribution < 1.29 is 13.2 Å². The van der Waals surface area contributed by atoms with Crippen molar-refractivity contribution in [1.82, 2.24) is 15.0 Å². The van der Waals surface area contributed by atoms with Gasteiger partial charge in [-0.2, -0.15) is 18.3 Å². The molecule has 0 unspecified atom stereocenters. The zero-order valence-electron chi connectivity index (χ0n) is 5.93. The Morgan fingerprint density at radius 2 is 2.25 bits per heavy atom. The lowest BCUT2D eigenvalue weighted by atomic mass is 10.4. The Hall–Kier alpha value is -0.850. The predicted octanol–water partition coefficient (Wildman–Crippen LogP) is 1.89. The third kappa shape index (κ3) is 2.65. The summed E-state index contributed by atoms with van der Waals surface area (Å²) >= 11 is 4.68. The van der Waals surface area contributed by atoms with E-state index in [1.54, 1.807) is 0 Å². The molecule has 0 amide bonds. The van der Waals surface area contributed by atoms with Gasteiger partial charge in [-0.05, 0) is 0 Å². The van der Waals surface area contributed by atoms with E-state index in [1.807, 2.05) is 0 Å². The van der Waals surface area contributed by atoms with Crippen LogP contribution in [0.2, 0.25) is 0 Å². The van der Waals surface area contributed by atoms with Crippen molar-refractivity contribution in [3.63, 3.8) is 0 Å². The van der Waals surface area contributed by atoms with Crippen LogP contribution >= 0.6 is 12.2 Å². The Balaban J connectivity index is 2.55. The molecular weight excluding hydrogens is 191 g/mol. The number of hydrogen-bond donors (Lipinski definition) is 1. The van der Waals surface area contributed by atoms with Gasteiger partial charge in [0.05, 0.1) is 19.2 Å². The molecule has 0 atom stereocenters. The summed E-state index contributed by atoms with van der Waals surface area (Å²) in [5.41, 5.74) is 0. The Morgan fingerprint density at radius 1 is 1.58 bits per heavy atom. The molecule has 0 aliphatic carbocycles. The topological polar surface area (TPSA) is 33.6 Å². The van der Waals surface area contributed by atoms with Crippen molar-refractivity contribution in [1.29, 1.82) is 0 Å². The SMILES string of the molecule is FC(F)(F)CCn1[nH]ncc1=S. The van der Waals surface area contributed by atoms with Crippen LogP contribution in [0.25, 0.3) is 0 Å². The monoisotopic (exact) mass is 197 g/mol. The summed E-state index contributed by atoms with van der Waals surface area (Å²) in [5.74, 6) is 0. The highest BCUT2D eigenvalue weighted by molar-refractivity contribution is 7.71. The summed E-state index contributed by atoms with van der Waals surface area (Å²) in [5, 5.41) is 5.83. The number of nitrogens with one attached hydrogen (secondary N) is 1. The van der Waals surface area contributed by atoms with Crippen LogP contribution in [-0.2, 0) is 6.54 Å². The fourth-order valence-corrected chi connectivity index (χ4v) is 0.856. The van der Waals surface area contributed by atoms with Crippen molar-refractivity contribution in [3.05, 3.63) is 10.8 Å². The van der Waals surface area contributed by atoms with Crippen molar-refractivity contribution in [2.75, 3.05) is 0 Å². The average Bonchev–Trinajstić information content (AvgIpc) is 2.29. The average molecular weight is 197 g/mol. The van der Waals surface area contributed by atoms with Crippen LogP contribution in [-0.4, -0.2) is 21.2 Å². The first-order valence-corrected chi connectivity index (χ1v) is 3.57. The molecule has 1 aromatic rings. The largest absolute Gasteiger partial charge is 0.390 e. The summed E-state index contributed by atoms with van der Waals surface area (Å²) in [4.78, 5) is 0. The van der Waals surface area contributed by atoms with Gasteiger partial charge in [0.25, 0.3) is 0 Å². The summed E-state index contributed by atoms with van der Waals surface area (Å²) < 4.78 is 36.5. The van der Waals surface area contributed by atoms with Crippen LogP contribution in [0.5, 0.6) is 0 Å². The number of nitrogens with zero attached hydrogens (tertiary/aromatic N) is 2. The number of rotatable bonds is 2. The fraction of sp³-hybridized carbons (Fsp3) is 0.600. The Morgan fingerprint density at radius 3 is 2.67 bits per heavy atom. The minimum atomic E-state index is -4.15. The van der Waals surface area contributed by atoms with Crippen LogP contribution in [0.3, 0.4) is 0 Å². The molecule has 0 radical (unpaired) electrons. The number of hydrogen-bond acceptors (Lipinski definition) is 2. The smallest absolute Gasteiger partial charge is 0.259 e. The van der Waals surface area contributed by atoms with E-state index in [2.05, 4.69) is 22.5 Å². The summed E-state index contributed by atoms with van der Waals surface area (Å²) in [6.45, 7) is -0.206. The fourth-order valence-electron chi connectivity index (χ4n) is 0.672. The van der Waals surface area contributed by atoms with E-state index in [-0.39, 0.29) is 11.2 Å². The maximum absolute atomic E-state index is 11.7. The molecule has 0 saturated carbocycles. The molecule has 0 fully saturated rings. The molecule has 0 aliphatic heterocycles. The first-order chi connectivity index (χ1) is 5.49. The molecule has 1 N–H and O–H groups in total. The van der Waals surface area contributed by atoms with E-state index in [4.69, 9.17) is 0 Å². The quantitative estimate of drug-likeness (QED) is 0.734. The molecule has 0 saturated heterocycles. The molecule has 68 valence electrons. The second kappa shape index (κ2) is 3.26. The molecule has 7 heteroatoms. The molecule has 0 aromatic carbocycles. The zero-order chi connectivity index (χ0) is 9.19. The number of aromatic amines is 1. The molecule has 0 bridgehead atoms. The highest BCUT2D eigenvalue weighted by Crippen LogP contribution is 2.19. The molecular formula is C5H6F3N3S. The first kappa shape index (κ1) is 9.24. The van der Waals surface area contributed by atoms with E-state index in [0.717, 1.165) is 0 Å². The van der Waals surface area contributed by atoms with Crippen molar-refractivity contribution in [2.45, 2.75) is 19.1 Å². The third-order valence-corrected chi connectivity index (χ3v) is 1.56. The molecule has 1 heterocycles. The van der Waals surface area contributed by atoms with Gasteiger partial charge in [-0.1, -0.05) is 12.2 Å². The van der Waals surface area contributed by atoms with Gasteiger partial charge in [-0.15, -0.1) is 0 Å². The maximum Gasteiger partial charge on any atom is 0.390 e. The molecule has 0 spiro atoms. The normalized spacial score (nSPS) is 11.9. The van der Waals surface area contributed by atoms with E-state index < -0.39 is 12.6 Å². The summed E-state index contributed by atoms with van der Waals surface area (Å²) in [6.07, 6.45) is -3.75. The van der Waals surface area contributed by atoms with Gasteiger partial charge < -0.3 is 0 Å². The first-order valence-electron chi connectivity index (χ1n) is 3.16. The van der Waals surface area contributed by atoms with Gasteiger partial charge in [0, 0.05) is 0 Å². The van der Waals surface area contributed by atoms with Gasteiger partial charge in [-0.25, -0.2) is 5.21 Å². The minimum absolute atomic E-state index is 0.206. The predicted molar refractivity (Wildman–Crippen MR) is 38.1 cm³/mol. The number of alkyl halides is 3. The maximum atomic E-state index is 11.7. The summed E-state index contributed by atoms with van der Waals surface area (Å²) in [6, 6.07) is 0. The molecule has 1 rings (SSSR count). The molecule has 1 aromatic heterocycles. The Kier molecular flexibility index (Phi) is 2.51. The van der Waals surface area contributed by atoms with Crippen molar-refractivity contribution in [3.8, 4) is 0 Å². The van der Waals surface area contributed by atoms with Gasteiger partial charge in [0.1, 0.15) is 4.64 Å². The number of aryl methyl sites for hydroxylation is 1. The Bertz CT molecular complexity index is 299. The third-order valence-electron chi connectivity index (χ3n) is 1.24. The second-order valence-electron chi connectivity index (χ2n) is 2.21. The van der Waals surface area contributed by atoms with E-state index >= 15 is 0 Å². The van der Waals surface area contributed by atoms with Crippen molar-refractivity contribution in [2.24, 2.45) is 0 Å². The van der Waals surface area contributed by atoms with Gasteiger partial charge in [0.2, 0.25) is 0 Å². The van der Waals surface area contributed by atoms with Crippen molar-refractivity contribution >= 4 is 12.2 Å². The lowest BCUT2D eigenvalue weighted by molar-refractivity contribution is -0.137. The van der Waals surface area contributed by atoms with E-state index in [9.17, 15) is 13.2 Å².